The topological polar surface area (TPSA) is 93.3 Å². The van der Waals surface area contributed by atoms with Crippen molar-refractivity contribution < 1.29 is 4.79 Å². The Morgan fingerprint density at radius 1 is 1.12 bits per heavy atom. The van der Waals surface area contributed by atoms with Gasteiger partial charge in [-0.3, -0.25) is 14.8 Å². The molecule has 1 saturated carbocycles. The lowest BCUT2D eigenvalue weighted by Crippen LogP contribution is -2.50. The van der Waals surface area contributed by atoms with Gasteiger partial charge >= 0.3 is 6.03 Å². The van der Waals surface area contributed by atoms with Crippen LogP contribution in [-0.4, -0.2) is 55.8 Å². The zero-order valence-electron chi connectivity index (χ0n) is 18.2. The van der Waals surface area contributed by atoms with Gasteiger partial charge in [-0.25, -0.2) is 14.8 Å². The van der Waals surface area contributed by atoms with Crippen molar-refractivity contribution in [1.29, 1.82) is 0 Å². The Morgan fingerprint density at radius 2 is 1.94 bits per heavy atom. The number of rotatable bonds is 5. The van der Waals surface area contributed by atoms with Gasteiger partial charge in [-0.1, -0.05) is 31.9 Å². The number of nitrogens with zero attached hydrogens (tertiary/aromatic N) is 5. The van der Waals surface area contributed by atoms with E-state index in [-0.39, 0.29) is 24.5 Å². The van der Waals surface area contributed by atoms with Crippen molar-refractivity contribution in [2.45, 2.75) is 57.4 Å². The Bertz CT molecular complexity index is 1140. The third-order valence-electron chi connectivity index (χ3n) is 6.65. The number of nitrogens with one attached hydrogen (secondary N) is 2. The monoisotopic (exact) mass is 453 g/mol. The van der Waals surface area contributed by atoms with Gasteiger partial charge in [-0.05, 0) is 31.4 Å². The molecule has 1 unspecified atom stereocenters. The van der Waals surface area contributed by atoms with Crippen LogP contribution < -0.4 is 4.90 Å². The standard InChI is InChI=1S/C23H27N7O.ClH/c1-2-11-29-22-19(27-20(28-22)14-7-3-4-8-14)21-24-15(13-30(21)23(29)31)12-18-25-16-9-5-6-10-17(16)26-18;/h5-6,9-10,14-15H,2-4,7-8,11-13H2,1H3,(H,25,26)(H,27,28);1H. The van der Waals surface area contributed by atoms with E-state index in [0.717, 1.165) is 46.5 Å². The van der Waals surface area contributed by atoms with Gasteiger partial charge in [0, 0.05) is 18.9 Å². The number of halogens is 1. The van der Waals surface area contributed by atoms with Crippen molar-refractivity contribution in [3.63, 3.8) is 0 Å². The van der Waals surface area contributed by atoms with Crippen LogP contribution in [0.2, 0.25) is 0 Å². The molecule has 1 fully saturated rings. The molecule has 168 valence electrons. The maximum absolute atomic E-state index is 13.3. The third-order valence-corrected chi connectivity index (χ3v) is 6.65. The number of H-pyrrole nitrogens is 2. The van der Waals surface area contributed by atoms with Gasteiger partial charge in [0.05, 0.1) is 23.6 Å². The fourth-order valence-corrected chi connectivity index (χ4v) is 5.17. The van der Waals surface area contributed by atoms with Crippen molar-refractivity contribution in [2.24, 2.45) is 4.99 Å². The molecule has 1 aromatic carbocycles. The molecule has 2 N–H and O–H groups in total. The lowest BCUT2D eigenvalue weighted by Gasteiger charge is -2.32. The molecule has 3 aliphatic rings. The summed E-state index contributed by atoms with van der Waals surface area (Å²) in [5.74, 6) is 3.88. The lowest BCUT2D eigenvalue weighted by atomic mass is 10.1. The summed E-state index contributed by atoms with van der Waals surface area (Å²) >= 11 is 0. The van der Waals surface area contributed by atoms with Crippen LogP contribution in [0.5, 0.6) is 0 Å². The molecule has 6 rings (SSSR count). The number of para-hydroxylation sites is 2. The van der Waals surface area contributed by atoms with E-state index in [0.29, 0.717) is 25.4 Å². The lowest BCUT2D eigenvalue weighted by molar-refractivity contribution is 0.226. The van der Waals surface area contributed by atoms with E-state index in [2.05, 4.69) is 16.9 Å². The first-order chi connectivity index (χ1) is 15.2. The number of imidazole rings is 2. The molecule has 3 aromatic rings. The number of hydrogen-bond acceptors (Lipinski definition) is 4. The fraction of sp³-hybridized carbons (Fsp3) is 0.478. The number of amidine groups is 1. The van der Waals surface area contributed by atoms with Crippen molar-refractivity contribution in [1.82, 2.24) is 24.8 Å². The maximum atomic E-state index is 13.3. The molecule has 4 heterocycles. The fourth-order valence-electron chi connectivity index (χ4n) is 5.17. The summed E-state index contributed by atoms with van der Waals surface area (Å²) in [6, 6.07) is 8.00. The van der Waals surface area contributed by atoms with Crippen LogP contribution in [0, 0.1) is 0 Å². The van der Waals surface area contributed by atoms with Crippen molar-refractivity contribution >= 4 is 41.1 Å². The minimum absolute atomic E-state index is 0. The minimum atomic E-state index is -0.0211. The van der Waals surface area contributed by atoms with E-state index in [1.807, 2.05) is 34.1 Å². The Labute approximate surface area is 192 Å². The summed E-state index contributed by atoms with van der Waals surface area (Å²) < 4.78 is 0. The molecule has 9 heteroatoms. The van der Waals surface area contributed by atoms with Crippen LogP contribution in [0.3, 0.4) is 0 Å². The summed E-state index contributed by atoms with van der Waals surface area (Å²) in [6.07, 6.45) is 6.40. The molecule has 8 nitrogen and oxygen atoms in total. The quantitative estimate of drug-likeness (QED) is 0.600. The zero-order valence-corrected chi connectivity index (χ0v) is 19.0. The summed E-state index contributed by atoms with van der Waals surface area (Å²) in [6.45, 7) is 3.33. The van der Waals surface area contributed by atoms with Gasteiger partial charge in [0.1, 0.15) is 17.3 Å². The van der Waals surface area contributed by atoms with Crippen molar-refractivity contribution in [3.8, 4) is 0 Å². The number of fused-ring (bicyclic) bond motifs is 4. The second-order valence-electron chi connectivity index (χ2n) is 8.86. The number of carbonyl (C=O) groups excluding carboxylic acids is 1. The van der Waals surface area contributed by atoms with Gasteiger partial charge in [-0.2, -0.15) is 0 Å². The van der Waals surface area contributed by atoms with Crippen molar-refractivity contribution in [2.75, 3.05) is 18.0 Å². The molecule has 32 heavy (non-hydrogen) atoms. The van der Waals surface area contributed by atoms with E-state index in [9.17, 15) is 4.79 Å². The summed E-state index contributed by atoms with van der Waals surface area (Å²) in [7, 11) is 0. The highest BCUT2D eigenvalue weighted by molar-refractivity contribution is 6.18. The average molecular weight is 454 g/mol. The minimum Gasteiger partial charge on any atom is -0.342 e. The van der Waals surface area contributed by atoms with Gasteiger partial charge in [-0.15, -0.1) is 12.4 Å². The smallest absolute Gasteiger partial charge is 0.331 e. The number of benzene rings is 1. The molecule has 0 bridgehead atoms. The highest BCUT2D eigenvalue weighted by atomic mass is 35.5. The number of amides is 2. The highest BCUT2D eigenvalue weighted by Crippen LogP contribution is 2.37. The molecule has 1 atom stereocenters. The molecule has 2 aromatic heterocycles. The first-order valence-corrected chi connectivity index (χ1v) is 11.4. The number of urea groups is 1. The van der Waals surface area contributed by atoms with E-state index >= 15 is 0 Å². The second kappa shape index (κ2) is 8.24. The van der Waals surface area contributed by atoms with Gasteiger partial charge in [0.25, 0.3) is 0 Å². The predicted octanol–water partition coefficient (Wildman–Crippen LogP) is 4.39. The second-order valence-corrected chi connectivity index (χ2v) is 8.86. The van der Waals surface area contributed by atoms with E-state index in [4.69, 9.17) is 15.0 Å². The van der Waals surface area contributed by atoms with Crippen LogP contribution in [0.15, 0.2) is 29.3 Å². The summed E-state index contributed by atoms with van der Waals surface area (Å²) in [5, 5.41) is 0. The SMILES string of the molecule is CCCN1C(=O)N2CC(Cc3nc4ccccc4[nH]3)N=C2c2[nH]c(C3CCCC3)nc21.Cl. The maximum Gasteiger partial charge on any atom is 0.331 e. The Hall–Kier alpha value is -2.87. The van der Waals surface area contributed by atoms with Crippen LogP contribution in [0.25, 0.3) is 11.0 Å². The zero-order chi connectivity index (χ0) is 20.9. The average Bonchev–Trinajstić information content (AvgIpc) is 3.55. The van der Waals surface area contributed by atoms with Crippen LogP contribution >= 0.6 is 12.4 Å². The van der Waals surface area contributed by atoms with Gasteiger partial charge in [0.2, 0.25) is 0 Å². The molecule has 2 aliphatic heterocycles. The Balaban J connectivity index is 0.00000216. The summed E-state index contributed by atoms with van der Waals surface area (Å²) in [5.41, 5.74) is 2.90. The molecule has 1 aliphatic carbocycles. The molecular formula is C23H28ClN7O. The molecule has 2 amide bonds. The van der Waals surface area contributed by atoms with Crippen LogP contribution in [-0.2, 0) is 6.42 Å². The third kappa shape index (κ3) is 3.37. The number of aromatic amines is 2. The van der Waals surface area contributed by atoms with E-state index in [1.165, 1.54) is 25.7 Å². The summed E-state index contributed by atoms with van der Waals surface area (Å²) in [4.78, 5) is 38.5. The Morgan fingerprint density at radius 3 is 2.72 bits per heavy atom. The van der Waals surface area contributed by atoms with Gasteiger partial charge in [0.15, 0.2) is 11.7 Å². The van der Waals surface area contributed by atoms with Crippen LogP contribution in [0.4, 0.5) is 10.6 Å². The first-order valence-electron chi connectivity index (χ1n) is 11.4. The molecular weight excluding hydrogens is 426 g/mol. The molecule has 0 spiro atoms. The largest absolute Gasteiger partial charge is 0.342 e. The number of aliphatic imine (C=N–C) groups is 1. The number of aromatic nitrogens is 4. The van der Waals surface area contributed by atoms with Gasteiger partial charge < -0.3 is 9.97 Å². The normalized spacial score (nSPS) is 20.5. The number of carbonyl (C=O) groups is 1. The molecule has 0 radical (unpaired) electrons. The van der Waals surface area contributed by atoms with E-state index in [1.54, 1.807) is 0 Å². The highest BCUT2D eigenvalue weighted by Gasteiger charge is 2.43. The van der Waals surface area contributed by atoms with Crippen molar-refractivity contribution in [3.05, 3.63) is 41.6 Å². The first kappa shape index (κ1) is 21.0. The number of hydrogen-bond donors (Lipinski definition) is 2. The number of anilines is 1. The van der Waals surface area contributed by atoms with Crippen LogP contribution in [0.1, 0.15) is 62.3 Å². The van der Waals surface area contributed by atoms with E-state index < -0.39 is 0 Å². The Kier molecular flexibility index (Phi) is 5.41. The molecule has 0 saturated heterocycles. The predicted molar refractivity (Wildman–Crippen MR) is 127 cm³/mol.